The van der Waals surface area contributed by atoms with E-state index in [0.717, 1.165) is 55.1 Å². The molecular weight excluding hydrogens is 426 g/mol. The van der Waals surface area contributed by atoms with Crippen molar-refractivity contribution in [3.8, 4) is 0 Å². The number of aromatic nitrogens is 3. The van der Waals surface area contributed by atoms with Gasteiger partial charge < -0.3 is 20.1 Å². The van der Waals surface area contributed by atoms with Crippen LogP contribution in [0.15, 0.2) is 66.9 Å². The third-order valence-corrected chi connectivity index (χ3v) is 6.69. The van der Waals surface area contributed by atoms with Crippen LogP contribution in [0, 0.1) is 0 Å². The monoisotopic (exact) mass is 455 g/mol. The zero-order valence-electron chi connectivity index (χ0n) is 19.3. The van der Waals surface area contributed by atoms with E-state index in [9.17, 15) is 0 Å². The molecule has 2 aromatic heterocycles. The number of nitrogens with zero attached hydrogens (tertiary/aromatic N) is 5. The highest BCUT2D eigenvalue weighted by atomic mass is 16.7. The normalized spacial score (nSPS) is 19.1. The summed E-state index contributed by atoms with van der Waals surface area (Å²) >= 11 is 0. The summed E-state index contributed by atoms with van der Waals surface area (Å²) in [6.45, 7) is 4.95. The maximum atomic E-state index is 6.07. The Balaban J connectivity index is 1.27. The number of nitrogens with one attached hydrogen (secondary N) is 2. The van der Waals surface area contributed by atoms with Crippen LogP contribution in [0.2, 0.25) is 0 Å². The molecule has 2 fully saturated rings. The third kappa shape index (κ3) is 4.06. The van der Waals surface area contributed by atoms with Gasteiger partial charge in [-0.25, -0.2) is 5.06 Å². The summed E-state index contributed by atoms with van der Waals surface area (Å²) in [5, 5.41) is 6.27. The minimum atomic E-state index is 0.116. The van der Waals surface area contributed by atoms with Crippen molar-refractivity contribution >= 4 is 34.2 Å². The highest BCUT2D eigenvalue weighted by Crippen LogP contribution is 2.37. The van der Waals surface area contributed by atoms with Crippen LogP contribution >= 0.6 is 0 Å². The maximum Gasteiger partial charge on any atom is 0.231 e. The average molecular weight is 456 g/mol. The molecule has 0 unspecified atom stereocenters. The minimum absolute atomic E-state index is 0.116. The van der Waals surface area contributed by atoms with E-state index in [-0.39, 0.29) is 6.04 Å². The van der Waals surface area contributed by atoms with Crippen LogP contribution in [0.25, 0.3) is 11.0 Å². The number of rotatable bonds is 5. The molecule has 8 heteroatoms. The highest BCUT2D eigenvalue weighted by molar-refractivity contribution is 5.88. The Kier molecular flexibility index (Phi) is 5.52. The van der Waals surface area contributed by atoms with Crippen LogP contribution in [0.4, 0.5) is 23.1 Å². The van der Waals surface area contributed by atoms with Crippen molar-refractivity contribution in [3.05, 3.63) is 72.4 Å². The minimum Gasteiger partial charge on any atom is -0.369 e. The van der Waals surface area contributed by atoms with Crippen LogP contribution in [-0.4, -0.2) is 59.7 Å². The van der Waals surface area contributed by atoms with Gasteiger partial charge in [0.2, 0.25) is 5.95 Å². The Morgan fingerprint density at radius 1 is 0.941 bits per heavy atom. The summed E-state index contributed by atoms with van der Waals surface area (Å²) < 4.78 is 0. The standard InChI is InChI=1S/C26H29N7O/c1-31-14-16-32(17-15-31)21-9-7-20(8-10-21)28-26-29-24-22(11-13-27-24)25(30-26)33-23(12-18-34-33)19-5-3-2-4-6-19/h2-11,13,23H,12,14-18H2,1H3,(H2,27,28,29,30)/t23-/m1/s1. The molecule has 0 aliphatic carbocycles. The molecule has 2 aromatic carbocycles. The molecule has 2 N–H and O–H groups in total. The second kappa shape index (κ2) is 8.96. The second-order valence-corrected chi connectivity index (χ2v) is 8.95. The number of hydroxylamine groups is 1. The third-order valence-electron chi connectivity index (χ3n) is 6.69. The lowest BCUT2D eigenvalue weighted by Gasteiger charge is -2.34. The van der Waals surface area contributed by atoms with Crippen LogP contribution < -0.4 is 15.3 Å². The van der Waals surface area contributed by atoms with Crippen molar-refractivity contribution in [3.63, 3.8) is 0 Å². The fourth-order valence-corrected chi connectivity index (χ4v) is 4.75. The fourth-order valence-electron chi connectivity index (χ4n) is 4.75. The van der Waals surface area contributed by atoms with Gasteiger partial charge in [-0.3, -0.25) is 4.84 Å². The first-order valence-electron chi connectivity index (χ1n) is 11.9. The summed E-state index contributed by atoms with van der Waals surface area (Å²) in [5.74, 6) is 1.31. The van der Waals surface area contributed by atoms with E-state index in [1.165, 1.54) is 11.3 Å². The molecule has 2 aliphatic heterocycles. The van der Waals surface area contributed by atoms with Gasteiger partial charge >= 0.3 is 0 Å². The van der Waals surface area contributed by atoms with Gasteiger partial charge in [-0.05, 0) is 42.9 Å². The number of hydrogen-bond donors (Lipinski definition) is 2. The largest absolute Gasteiger partial charge is 0.369 e. The Labute approximate surface area is 199 Å². The van der Waals surface area contributed by atoms with Gasteiger partial charge in [-0.15, -0.1) is 0 Å². The zero-order valence-corrected chi connectivity index (χ0v) is 19.3. The molecule has 6 rings (SSSR count). The first-order valence-corrected chi connectivity index (χ1v) is 11.9. The van der Waals surface area contributed by atoms with Crippen molar-refractivity contribution in [2.75, 3.05) is 55.1 Å². The Morgan fingerprint density at radius 2 is 1.74 bits per heavy atom. The average Bonchev–Trinajstić information content (AvgIpc) is 3.55. The molecule has 174 valence electrons. The van der Waals surface area contributed by atoms with E-state index in [1.54, 1.807) is 0 Å². The van der Waals surface area contributed by atoms with Crippen LogP contribution in [0.1, 0.15) is 18.0 Å². The lowest BCUT2D eigenvalue weighted by Crippen LogP contribution is -2.44. The molecule has 4 heterocycles. The van der Waals surface area contributed by atoms with Crippen molar-refractivity contribution in [1.82, 2.24) is 19.9 Å². The Bertz CT molecular complexity index is 1250. The van der Waals surface area contributed by atoms with Gasteiger partial charge in [-0.1, -0.05) is 30.3 Å². The number of anilines is 4. The van der Waals surface area contributed by atoms with Crippen LogP contribution in [0.3, 0.4) is 0 Å². The summed E-state index contributed by atoms with van der Waals surface area (Å²) in [7, 11) is 2.18. The van der Waals surface area contributed by atoms with Crippen molar-refractivity contribution in [2.24, 2.45) is 0 Å². The van der Waals surface area contributed by atoms with Gasteiger partial charge in [-0.2, -0.15) is 9.97 Å². The first kappa shape index (κ1) is 20.9. The number of piperazine rings is 1. The number of fused-ring (bicyclic) bond motifs is 1. The van der Waals surface area contributed by atoms with Gasteiger partial charge in [0.05, 0.1) is 18.0 Å². The maximum absolute atomic E-state index is 6.07. The molecule has 0 radical (unpaired) electrons. The lowest BCUT2D eigenvalue weighted by molar-refractivity contribution is 0.157. The van der Waals surface area contributed by atoms with E-state index in [4.69, 9.17) is 14.8 Å². The quantitative estimate of drug-likeness (QED) is 0.464. The van der Waals surface area contributed by atoms with Crippen LogP contribution in [0.5, 0.6) is 0 Å². The molecule has 0 bridgehead atoms. The second-order valence-electron chi connectivity index (χ2n) is 8.95. The van der Waals surface area contributed by atoms with E-state index in [1.807, 2.05) is 23.4 Å². The smallest absolute Gasteiger partial charge is 0.231 e. The predicted octanol–water partition coefficient (Wildman–Crippen LogP) is 4.34. The molecule has 34 heavy (non-hydrogen) atoms. The molecule has 4 aromatic rings. The first-order chi connectivity index (χ1) is 16.7. The van der Waals surface area contributed by atoms with E-state index in [2.05, 4.69) is 75.7 Å². The molecule has 1 atom stereocenters. The molecule has 2 aliphatic rings. The van der Waals surface area contributed by atoms with Gasteiger partial charge in [0, 0.05) is 50.2 Å². The van der Waals surface area contributed by atoms with Gasteiger partial charge in [0.1, 0.15) is 5.65 Å². The molecule has 2 saturated heterocycles. The zero-order chi connectivity index (χ0) is 22.9. The predicted molar refractivity (Wildman–Crippen MR) is 136 cm³/mol. The number of H-pyrrole nitrogens is 1. The Morgan fingerprint density at radius 3 is 2.53 bits per heavy atom. The number of benzene rings is 2. The molecular formula is C26H29N7O. The highest BCUT2D eigenvalue weighted by Gasteiger charge is 2.31. The van der Waals surface area contributed by atoms with E-state index >= 15 is 0 Å². The topological polar surface area (TPSA) is 72.6 Å². The van der Waals surface area contributed by atoms with Gasteiger partial charge in [0.15, 0.2) is 5.82 Å². The fraction of sp³-hybridized carbons (Fsp3) is 0.308. The number of hydrogen-bond acceptors (Lipinski definition) is 7. The van der Waals surface area contributed by atoms with Crippen molar-refractivity contribution in [1.29, 1.82) is 0 Å². The summed E-state index contributed by atoms with van der Waals surface area (Å²) in [6, 6.07) is 21.1. The SMILES string of the molecule is CN1CCN(c2ccc(Nc3nc(N4OCC[C@@H]4c4ccccc4)c4cc[nH]c4n3)cc2)CC1. The summed E-state index contributed by atoms with van der Waals surface area (Å²) in [4.78, 5) is 23.7. The lowest BCUT2D eigenvalue weighted by atomic mass is 10.0. The number of aromatic amines is 1. The summed E-state index contributed by atoms with van der Waals surface area (Å²) in [6.07, 6.45) is 2.81. The van der Waals surface area contributed by atoms with E-state index in [0.29, 0.717) is 12.6 Å². The van der Waals surface area contributed by atoms with Crippen molar-refractivity contribution in [2.45, 2.75) is 12.5 Å². The summed E-state index contributed by atoms with van der Waals surface area (Å²) in [5.41, 5.74) is 4.20. The van der Waals surface area contributed by atoms with Gasteiger partial charge in [0.25, 0.3) is 0 Å². The molecule has 0 saturated carbocycles. The molecule has 0 spiro atoms. The Hall–Kier alpha value is -3.62. The number of likely N-dealkylation sites (N-methyl/N-ethyl adjacent to an activating group) is 1. The molecule has 0 amide bonds. The van der Waals surface area contributed by atoms with Crippen molar-refractivity contribution < 1.29 is 4.84 Å². The van der Waals surface area contributed by atoms with E-state index < -0.39 is 0 Å². The molecule has 8 nitrogen and oxygen atoms in total. The van der Waals surface area contributed by atoms with Crippen LogP contribution in [-0.2, 0) is 4.84 Å².